The van der Waals surface area contributed by atoms with E-state index in [1.54, 1.807) is 11.1 Å². The van der Waals surface area contributed by atoms with E-state index < -0.39 is 0 Å². The minimum Gasteiger partial charge on any atom is -0.344 e. The Kier molecular flexibility index (Phi) is 7.63. The summed E-state index contributed by atoms with van der Waals surface area (Å²) in [5.41, 5.74) is 0. The van der Waals surface area contributed by atoms with Crippen LogP contribution in [-0.2, 0) is 23.2 Å². The van der Waals surface area contributed by atoms with Gasteiger partial charge >= 0.3 is 0 Å². The number of aromatic nitrogens is 2. The van der Waals surface area contributed by atoms with Crippen LogP contribution in [0.5, 0.6) is 0 Å². The lowest BCUT2D eigenvalue weighted by Crippen LogP contribution is -2.42. The van der Waals surface area contributed by atoms with E-state index in [9.17, 15) is 9.59 Å². The van der Waals surface area contributed by atoms with Gasteiger partial charge in [-0.15, -0.1) is 0 Å². The Bertz CT molecular complexity index is 597. The fraction of sp³-hybridized carbons (Fsp3) is 0.737. The van der Waals surface area contributed by atoms with E-state index in [1.165, 1.54) is 0 Å². The number of hydrogen-bond acceptors (Lipinski definition) is 4. The first-order chi connectivity index (χ1) is 12.5. The number of nitrogens with zero attached hydrogens (tertiary/aromatic N) is 4. The third-order valence-corrected chi connectivity index (χ3v) is 5.34. The number of aryl methyl sites for hydroxylation is 1. The fourth-order valence-corrected chi connectivity index (χ4v) is 3.58. The van der Waals surface area contributed by atoms with Crippen molar-refractivity contribution in [2.24, 2.45) is 13.0 Å². The van der Waals surface area contributed by atoms with Crippen molar-refractivity contribution in [1.82, 2.24) is 24.7 Å². The van der Waals surface area contributed by atoms with Crippen LogP contribution < -0.4 is 5.32 Å². The molecule has 2 amide bonds. The minimum atomic E-state index is -0.196. The first kappa shape index (κ1) is 20.4. The number of nitrogens with one attached hydrogen (secondary N) is 1. The standard InChI is InChI=1S/C19H33N5O2/c1-5-24(6-2)19(26)15-8-7-9-16(14-23(4)18(25)12-15)21-13-17-20-10-11-22(17)3/h10-11,15-16,21H,5-9,12-14H2,1-4H3. The molecule has 0 radical (unpaired) electrons. The minimum absolute atomic E-state index is 0.0567. The highest BCUT2D eigenvalue weighted by molar-refractivity contribution is 5.85. The number of likely N-dealkylation sites (N-methyl/N-ethyl adjacent to an activating group) is 1. The maximum Gasteiger partial charge on any atom is 0.226 e. The molecule has 2 unspecified atom stereocenters. The van der Waals surface area contributed by atoms with Crippen LogP contribution in [-0.4, -0.2) is 63.9 Å². The molecule has 7 heteroatoms. The molecular formula is C19H33N5O2. The van der Waals surface area contributed by atoms with Gasteiger partial charge in [0.2, 0.25) is 11.8 Å². The lowest BCUT2D eigenvalue weighted by Gasteiger charge is -2.26. The van der Waals surface area contributed by atoms with Crippen LogP contribution in [0.3, 0.4) is 0 Å². The summed E-state index contributed by atoms with van der Waals surface area (Å²) in [5, 5.41) is 3.53. The van der Waals surface area contributed by atoms with E-state index in [1.807, 2.05) is 43.6 Å². The Morgan fingerprint density at radius 2 is 2.04 bits per heavy atom. The second-order valence-electron chi connectivity index (χ2n) is 7.15. The highest BCUT2D eigenvalue weighted by Crippen LogP contribution is 2.21. The van der Waals surface area contributed by atoms with Gasteiger partial charge < -0.3 is 19.7 Å². The van der Waals surface area contributed by atoms with Crippen molar-refractivity contribution in [3.05, 3.63) is 18.2 Å². The maximum atomic E-state index is 12.7. The first-order valence-electron chi connectivity index (χ1n) is 9.68. The van der Waals surface area contributed by atoms with Crippen molar-refractivity contribution >= 4 is 11.8 Å². The smallest absolute Gasteiger partial charge is 0.226 e. The number of rotatable bonds is 6. The summed E-state index contributed by atoms with van der Waals surface area (Å²) in [6, 6.07) is 0.211. The monoisotopic (exact) mass is 363 g/mol. The SMILES string of the molecule is CCN(CC)C(=O)C1CCCC(NCc2nccn2C)CN(C)C(=O)C1. The Balaban J connectivity index is 1.99. The average Bonchev–Trinajstić information content (AvgIpc) is 3.05. The van der Waals surface area contributed by atoms with Gasteiger partial charge in [0, 0.05) is 64.5 Å². The van der Waals surface area contributed by atoms with E-state index >= 15 is 0 Å². The van der Waals surface area contributed by atoms with Gasteiger partial charge in [0.1, 0.15) is 5.82 Å². The van der Waals surface area contributed by atoms with E-state index in [2.05, 4.69) is 10.3 Å². The van der Waals surface area contributed by atoms with Gasteiger partial charge in [-0.2, -0.15) is 0 Å². The summed E-state index contributed by atoms with van der Waals surface area (Å²) in [5.74, 6) is 0.962. The molecule has 0 aliphatic carbocycles. The summed E-state index contributed by atoms with van der Waals surface area (Å²) in [6.07, 6.45) is 6.70. The van der Waals surface area contributed by atoms with Crippen LogP contribution in [0, 0.1) is 5.92 Å². The number of amides is 2. The molecule has 0 bridgehead atoms. The molecule has 7 nitrogen and oxygen atoms in total. The number of imidazole rings is 1. The maximum absolute atomic E-state index is 12.7. The quantitative estimate of drug-likeness (QED) is 0.829. The lowest BCUT2D eigenvalue weighted by atomic mass is 9.95. The summed E-state index contributed by atoms with van der Waals surface area (Å²) in [7, 11) is 3.81. The molecule has 1 aliphatic rings. The predicted octanol–water partition coefficient (Wildman–Crippen LogP) is 1.40. The van der Waals surface area contributed by atoms with Crippen LogP contribution in [0.4, 0.5) is 0 Å². The summed E-state index contributed by atoms with van der Waals surface area (Å²) >= 11 is 0. The highest BCUT2D eigenvalue weighted by atomic mass is 16.2. The zero-order valence-corrected chi connectivity index (χ0v) is 16.6. The van der Waals surface area contributed by atoms with Gasteiger partial charge in [-0.25, -0.2) is 4.98 Å². The van der Waals surface area contributed by atoms with Crippen molar-refractivity contribution in [2.75, 3.05) is 26.7 Å². The molecule has 146 valence electrons. The van der Waals surface area contributed by atoms with Crippen LogP contribution in [0.2, 0.25) is 0 Å². The van der Waals surface area contributed by atoms with Gasteiger partial charge in [-0.3, -0.25) is 9.59 Å². The lowest BCUT2D eigenvalue weighted by molar-refractivity contribution is -0.140. The molecular weight excluding hydrogens is 330 g/mol. The van der Waals surface area contributed by atoms with E-state index in [0.717, 1.165) is 25.1 Å². The molecule has 2 rings (SSSR count). The predicted molar refractivity (Wildman–Crippen MR) is 101 cm³/mol. The first-order valence-corrected chi connectivity index (χ1v) is 9.68. The molecule has 1 aromatic heterocycles. The Morgan fingerprint density at radius 3 is 2.65 bits per heavy atom. The van der Waals surface area contributed by atoms with Crippen molar-refractivity contribution in [2.45, 2.75) is 52.1 Å². The molecule has 1 fully saturated rings. The molecule has 1 N–H and O–H groups in total. The Labute approximate surface area is 156 Å². The molecule has 2 heterocycles. The largest absolute Gasteiger partial charge is 0.344 e. The highest BCUT2D eigenvalue weighted by Gasteiger charge is 2.29. The van der Waals surface area contributed by atoms with Gasteiger partial charge in [0.25, 0.3) is 0 Å². The van der Waals surface area contributed by atoms with Gasteiger partial charge in [0.15, 0.2) is 0 Å². The van der Waals surface area contributed by atoms with Gasteiger partial charge in [-0.05, 0) is 26.7 Å². The Morgan fingerprint density at radius 1 is 1.31 bits per heavy atom. The van der Waals surface area contributed by atoms with Crippen molar-refractivity contribution in [3.63, 3.8) is 0 Å². The Hall–Kier alpha value is -1.89. The third-order valence-electron chi connectivity index (χ3n) is 5.34. The molecule has 1 aromatic rings. The normalized spacial score (nSPS) is 21.8. The van der Waals surface area contributed by atoms with Crippen LogP contribution in [0.25, 0.3) is 0 Å². The van der Waals surface area contributed by atoms with Crippen molar-refractivity contribution in [1.29, 1.82) is 0 Å². The van der Waals surface area contributed by atoms with Gasteiger partial charge in [0.05, 0.1) is 6.54 Å². The average molecular weight is 364 g/mol. The van der Waals surface area contributed by atoms with Gasteiger partial charge in [-0.1, -0.05) is 6.42 Å². The molecule has 0 aromatic carbocycles. The van der Waals surface area contributed by atoms with E-state index in [-0.39, 0.29) is 23.8 Å². The second-order valence-corrected chi connectivity index (χ2v) is 7.15. The zero-order chi connectivity index (χ0) is 19.1. The molecule has 1 aliphatic heterocycles. The fourth-order valence-electron chi connectivity index (χ4n) is 3.58. The molecule has 2 atom stereocenters. The zero-order valence-electron chi connectivity index (χ0n) is 16.6. The molecule has 0 spiro atoms. The number of hydrogen-bond donors (Lipinski definition) is 1. The van der Waals surface area contributed by atoms with Crippen molar-refractivity contribution in [3.8, 4) is 0 Å². The van der Waals surface area contributed by atoms with E-state index in [4.69, 9.17) is 0 Å². The summed E-state index contributed by atoms with van der Waals surface area (Å²) < 4.78 is 2.00. The van der Waals surface area contributed by atoms with Crippen LogP contribution >= 0.6 is 0 Å². The van der Waals surface area contributed by atoms with Crippen molar-refractivity contribution < 1.29 is 9.59 Å². The molecule has 1 saturated heterocycles. The molecule has 26 heavy (non-hydrogen) atoms. The summed E-state index contributed by atoms with van der Waals surface area (Å²) in [6.45, 7) is 6.71. The topological polar surface area (TPSA) is 70.5 Å². The number of carbonyl (C=O) groups is 2. The second kappa shape index (κ2) is 9.71. The third kappa shape index (κ3) is 5.30. The number of carbonyl (C=O) groups excluding carboxylic acids is 2. The van der Waals surface area contributed by atoms with E-state index in [0.29, 0.717) is 32.6 Å². The molecule has 0 saturated carbocycles. The van der Waals surface area contributed by atoms with Crippen LogP contribution in [0.1, 0.15) is 45.4 Å². The van der Waals surface area contributed by atoms with Crippen LogP contribution in [0.15, 0.2) is 12.4 Å². The summed E-state index contributed by atoms with van der Waals surface area (Å²) in [4.78, 5) is 33.2.